The van der Waals surface area contributed by atoms with Crippen molar-refractivity contribution < 1.29 is 14.8 Å². The molecular weight excluding hydrogens is 246 g/mol. The van der Waals surface area contributed by atoms with E-state index in [0.29, 0.717) is 10.6 Å². The summed E-state index contributed by atoms with van der Waals surface area (Å²) in [5.41, 5.74) is -0.926. The molecule has 0 aromatic heterocycles. The number of non-ortho nitro benzene ring substituents is 1. The Morgan fingerprint density at radius 1 is 1.53 bits per heavy atom. The maximum atomic E-state index is 10.6. The zero-order valence-corrected chi connectivity index (χ0v) is 9.40. The van der Waals surface area contributed by atoms with Crippen molar-refractivity contribution in [2.75, 3.05) is 13.2 Å². The number of halogens is 1. The third-order valence-electron chi connectivity index (χ3n) is 2.27. The molecule has 0 amide bonds. The third kappa shape index (κ3) is 2.56. The largest absolute Gasteiger partial charge is 0.373 e. The Balaban J connectivity index is 2.31. The molecule has 1 aromatic rings. The molecule has 17 heavy (non-hydrogen) atoms. The molecule has 1 heterocycles. The molecule has 1 aliphatic rings. The fraction of sp³-hybridized carbons (Fsp3) is 0.273. The van der Waals surface area contributed by atoms with Gasteiger partial charge in [0.2, 0.25) is 0 Å². The van der Waals surface area contributed by atoms with Crippen LogP contribution in [0, 0.1) is 22.0 Å². The maximum Gasteiger partial charge on any atom is 0.270 e. The first-order valence-electron chi connectivity index (χ1n) is 4.77. The van der Waals surface area contributed by atoms with Gasteiger partial charge in [0, 0.05) is 12.1 Å². The Morgan fingerprint density at radius 2 is 2.24 bits per heavy atom. The van der Waals surface area contributed by atoms with Crippen molar-refractivity contribution in [3.05, 3.63) is 38.9 Å². The summed E-state index contributed by atoms with van der Waals surface area (Å²) in [5, 5.41) is 20.6. The predicted octanol–water partition coefficient (Wildman–Crippen LogP) is 1.36. The summed E-state index contributed by atoms with van der Waals surface area (Å²) in [6, 6.07) is 3.98. The fourth-order valence-corrected chi connectivity index (χ4v) is 1.44. The van der Waals surface area contributed by atoms with E-state index >= 15 is 0 Å². The van der Waals surface area contributed by atoms with Crippen LogP contribution in [0.5, 0.6) is 0 Å². The molecule has 5 nitrogen and oxygen atoms in total. The van der Waals surface area contributed by atoms with Crippen molar-refractivity contribution in [3.63, 3.8) is 0 Å². The van der Waals surface area contributed by atoms with E-state index in [1.807, 2.05) is 0 Å². The highest BCUT2D eigenvalue weighted by atomic mass is 35.5. The Kier molecular flexibility index (Phi) is 3.03. The monoisotopic (exact) mass is 253 g/mol. The van der Waals surface area contributed by atoms with Crippen LogP contribution in [0.15, 0.2) is 18.2 Å². The van der Waals surface area contributed by atoms with E-state index in [1.165, 1.54) is 18.2 Å². The van der Waals surface area contributed by atoms with Crippen molar-refractivity contribution in [3.8, 4) is 11.8 Å². The number of ether oxygens (including phenoxy) is 1. The lowest BCUT2D eigenvalue weighted by Crippen LogP contribution is -2.48. The molecule has 0 saturated carbocycles. The molecule has 6 heteroatoms. The second kappa shape index (κ2) is 4.34. The van der Waals surface area contributed by atoms with E-state index in [9.17, 15) is 15.2 Å². The van der Waals surface area contributed by atoms with Gasteiger partial charge in [-0.25, -0.2) is 0 Å². The molecule has 1 saturated heterocycles. The molecule has 0 spiro atoms. The molecule has 1 N–H and O–H groups in total. The summed E-state index contributed by atoms with van der Waals surface area (Å²) in [6.45, 7) is 0.291. The molecule has 1 fully saturated rings. The number of hydrogen-bond donors (Lipinski definition) is 1. The van der Waals surface area contributed by atoms with Crippen LogP contribution in [-0.4, -0.2) is 28.8 Å². The number of nitro groups is 1. The molecule has 1 aromatic carbocycles. The van der Waals surface area contributed by atoms with Crippen molar-refractivity contribution in [2.45, 2.75) is 5.60 Å². The first kappa shape index (κ1) is 11.9. The molecule has 0 aliphatic carbocycles. The normalized spacial score (nSPS) is 16.6. The number of nitro benzene ring substituents is 1. The van der Waals surface area contributed by atoms with Crippen LogP contribution in [-0.2, 0) is 4.74 Å². The number of rotatable bonds is 1. The highest BCUT2D eigenvalue weighted by Gasteiger charge is 2.33. The van der Waals surface area contributed by atoms with Crippen LogP contribution in [0.4, 0.5) is 5.69 Å². The Morgan fingerprint density at radius 3 is 2.76 bits per heavy atom. The number of hydrogen-bond acceptors (Lipinski definition) is 4. The van der Waals surface area contributed by atoms with E-state index in [0.717, 1.165) is 0 Å². The van der Waals surface area contributed by atoms with Gasteiger partial charge in [-0.1, -0.05) is 23.4 Å². The van der Waals surface area contributed by atoms with Gasteiger partial charge in [-0.15, -0.1) is 0 Å². The first-order chi connectivity index (χ1) is 8.00. The zero-order valence-electron chi connectivity index (χ0n) is 8.64. The van der Waals surface area contributed by atoms with E-state index in [-0.39, 0.29) is 18.9 Å². The molecule has 0 unspecified atom stereocenters. The van der Waals surface area contributed by atoms with Gasteiger partial charge in [-0.05, 0) is 6.07 Å². The molecular formula is C11H8ClNO4. The molecule has 0 bridgehead atoms. The van der Waals surface area contributed by atoms with Crippen molar-refractivity contribution in [1.82, 2.24) is 0 Å². The topological polar surface area (TPSA) is 72.6 Å². The van der Waals surface area contributed by atoms with E-state index < -0.39 is 10.5 Å². The third-order valence-corrected chi connectivity index (χ3v) is 2.60. The molecule has 0 atom stereocenters. The van der Waals surface area contributed by atoms with Gasteiger partial charge in [0.05, 0.1) is 28.7 Å². The number of benzene rings is 1. The van der Waals surface area contributed by atoms with Crippen LogP contribution in [0.2, 0.25) is 5.02 Å². The Labute approximate surface area is 102 Å². The van der Waals surface area contributed by atoms with Crippen LogP contribution >= 0.6 is 11.6 Å². The first-order valence-corrected chi connectivity index (χ1v) is 5.15. The highest BCUT2D eigenvalue weighted by molar-refractivity contribution is 6.31. The molecule has 88 valence electrons. The lowest BCUT2D eigenvalue weighted by molar-refractivity contribution is -0.384. The second-order valence-electron chi connectivity index (χ2n) is 3.70. The van der Waals surface area contributed by atoms with Gasteiger partial charge < -0.3 is 9.84 Å². The Hall–Kier alpha value is -1.61. The number of aliphatic hydroxyl groups is 1. The minimum Gasteiger partial charge on any atom is -0.373 e. The van der Waals surface area contributed by atoms with Crippen molar-refractivity contribution in [1.29, 1.82) is 0 Å². The lowest BCUT2D eigenvalue weighted by Gasteiger charge is -2.30. The zero-order chi connectivity index (χ0) is 12.5. The van der Waals surface area contributed by atoms with Crippen LogP contribution < -0.4 is 0 Å². The van der Waals surface area contributed by atoms with Crippen molar-refractivity contribution in [2.24, 2.45) is 0 Å². The quantitative estimate of drug-likeness (QED) is 0.466. The van der Waals surface area contributed by atoms with Gasteiger partial charge in [0.25, 0.3) is 5.69 Å². The van der Waals surface area contributed by atoms with Gasteiger partial charge in [-0.3, -0.25) is 10.1 Å². The molecule has 2 rings (SSSR count). The van der Waals surface area contributed by atoms with Crippen LogP contribution in [0.3, 0.4) is 0 Å². The van der Waals surface area contributed by atoms with Crippen molar-refractivity contribution >= 4 is 17.3 Å². The summed E-state index contributed by atoms with van der Waals surface area (Å²) in [5.74, 6) is 5.23. The predicted molar refractivity (Wildman–Crippen MR) is 60.8 cm³/mol. The molecule has 1 aliphatic heterocycles. The minimum atomic E-state index is -1.16. The minimum absolute atomic E-state index is 0.0875. The van der Waals surface area contributed by atoms with Gasteiger partial charge >= 0.3 is 0 Å². The summed E-state index contributed by atoms with van der Waals surface area (Å²) in [7, 11) is 0. The van der Waals surface area contributed by atoms with Gasteiger partial charge in [0.15, 0.2) is 5.60 Å². The van der Waals surface area contributed by atoms with Crippen LogP contribution in [0.1, 0.15) is 5.56 Å². The summed E-state index contributed by atoms with van der Waals surface area (Å²) in [6.07, 6.45) is 0. The van der Waals surface area contributed by atoms with Crippen LogP contribution in [0.25, 0.3) is 0 Å². The summed E-state index contributed by atoms with van der Waals surface area (Å²) in [4.78, 5) is 10.1. The number of nitrogens with zero attached hydrogens (tertiary/aromatic N) is 1. The van der Waals surface area contributed by atoms with E-state index in [4.69, 9.17) is 16.3 Å². The second-order valence-corrected chi connectivity index (χ2v) is 4.10. The van der Waals surface area contributed by atoms with E-state index in [1.54, 1.807) is 0 Å². The Bertz CT molecular complexity index is 528. The van der Waals surface area contributed by atoms with Gasteiger partial charge in [0.1, 0.15) is 0 Å². The van der Waals surface area contributed by atoms with Gasteiger partial charge in [-0.2, -0.15) is 0 Å². The smallest absolute Gasteiger partial charge is 0.270 e. The highest BCUT2D eigenvalue weighted by Crippen LogP contribution is 2.22. The fourth-order valence-electron chi connectivity index (χ4n) is 1.27. The summed E-state index contributed by atoms with van der Waals surface area (Å²) >= 11 is 5.85. The average Bonchev–Trinajstić information content (AvgIpc) is 2.25. The standard InChI is InChI=1S/C11H8ClNO4/c12-10-2-1-9(13(15)16)5-8(10)3-4-11(14)6-17-7-11/h1-2,5,14H,6-7H2. The molecule has 0 radical (unpaired) electrons. The average molecular weight is 254 g/mol. The summed E-state index contributed by atoms with van der Waals surface area (Å²) < 4.78 is 4.82. The van der Waals surface area contributed by atoms with E-state index in [2.05, 4.69) is 11.8 Å². The SMILES string of the molecule is O=[N+]([O-])c1ccc(Cl)c(C#CC2(O)COC2)c1. The maximum absolute atomic E-state index is 10.6. The lowest BCUT2D eigenvalue weighted by atomic mass is 10.0.